The van der Waals surface area contributed by atoms with E-state index >= 15 is 0 Å². The van der Waals surface area contributed by atoms with Gasteiger partial charge in [-0.15, -0.1) is 11.3 Å². The van der Waals surface area contributed by atoms with Gasteiger partial charge in [0.25, 0.3) is 5.91 Å². The number of aromatic nitrogens is 2. The van der Waals surface area contributed by atoms with E-state index < -0.39 is 10.8 Å². The number of aryl methyl sites for hydroxylation is 2. The number of nitrogens with zero attached hydrogens (tertiary/aromatic N) is 2. The van der Waals surface area contributed by atoms with E-state index in [4.69, 9.17) is 16.5 Å². The van der Waals surface area contributed by atoms with Crippen LogP contribution in [0.5, 0.6) is 0 Å². The molecule has 1 fully saturated rings. The summed E-state index contributed by atoms with van der Waals surface area (Å²) in [6.45, 7) is 4.00. The largest absolute Gasteiger partial charge is 0.397 e. The standard InChI is InChI=1S/C25H32N6O2S2/c1-13-11-35(33)12-17(10-19(13)26)29-21-8-4-15-9-16(5-7-20(15)31-21)30-24(32)23-22(27)18-6-3-14(2)28-25(18)34-23/h3-4,6,8,13,16-17,19H,5,7,9-12,26-27H2,1-2H3,(H,29,31)(H,30,32). The number of nitrogens with two attached hydrogens (primary N) is 2. The SMILES string of the molecule is Cc1ccc2c(N)c(C(=O)NC3CCc4nc(NC5CC(N)C(C)CS(=O)C5)ccc4C3)sc2n1. The average molecular weight is 513 g/mol. The highest BCUT2D eigenvalue weighted by Gasteiger charge is 2.28. The molecule has 10 heteroatoms. The summed E-state index contributed by atoms with van der Waals surface area (Å²) in [6, 6.07) is 8.01. The normalized spacial score (nSPS) is 26.7. The number of nitrogen functional groups attached to an aromatic ring is 1. The van der Waals surface area contributed by atoms with Crippen molar-refractivity contribution in [2.24, 2.45) is 11.7 Å². The minimum Gasteiger partial charge on any atom is -0.397 e. The Morgan fingerprint density at radius 2 is 2.00 bits per heavy atom. The smallest absolute Gasteiger partial charge is 0.263 e. The lowest BCUT2D eigenvalue weighted by Crippen LogP contribution is -2.39. The molecular formula is C25H32N6O2S2. The number of fused-ring (bicyclic) bond motifs is 2. The summed E-state index contributed by atoms with van der Waals surface area (Å²) in [6.07, 6.45) is 3.11. The van der Waals surface area contributed by atoms with Gasteiger partial charge in [0.2, 0.25) is 0 Å². The first kappa shape index (κ1) is 24.1. The summed E-state index contributed by atoms with van der Waals surface area (Å²) in [7, 11) is -0.871. The molecule has 5 atom stereocenters. The zero-order chi connectivity index (χ0) is 24.7. The van der Waals surface area contributed by atoms with E-state index in [1.54, 1.807) is 0 Å². The second-order valence-electron chi connectivity index (χ2n) is 9.86. The fraction of sp³-hybridized carbons (Fsp3) is 0.480. The number of carbonyl (C=O) groups is 1. The van der Waals surface area contributed by atoms with Gasteiger partial charge in [-0.2, -0.15) is 0 Å². The van der Waals surface area contributed by atoms with Crippen LogP contribution in [0.3, 0.4) is 0 Å². The maximum atomic E-state index is 13.0. The van der Waals surface area contributed by atoms with Crippen molar-refractivity contribution >= 4 is 49.8 Å². The fourth-order valence-electron chi connectivity index (χ4n) is 4.97. The molecule has 0 aromatic carbocycles. The lowest BCUT2D eigenvalue weighted by atomic mass is 9.91. The van der Waals surface area contributed by atoms with Crippen LogP contribution in [0.4, 0.5) is 11.5 Å². The quantitative estimate of drug-likeness (QED) is 0.422. The zero-order valence-corrected chi connectivity index (χ0v) is 21.7. The summed E-state index contributed by atoms with van der Waals surface area (Å²) in [5.41, 5.74) is 16.1. The minimum atomic E-state index is -0.871. The third-order valence-electron chi connectivity index (χ3n) is 7.01. The van der Waals surface area contributed by atoms with Crippen LogP contribution in [-0.4, -0.2) is 49.7 Å². The highest BCUT2D eigenvalue weighted by molar-refractivity contribution is 7.85. The number of carbonyl (C=O) groups excluding carboxylic acids is 1. The van der Waals surface area contributed by atoms with Gasteiger partial charge in [-0.1, -0.05) is 13.0 Å². The molecule has 5 unspecified atom stereocenters. The number of hydrogen-bond acceptors (Lipinski definition) is 8. The Bertz CT molecular complexity index is 1290. The van der Waals surface area contributed by atoms with Gasteiger partial charge in [-0.3, -0.25) is 9.00 Å². The Morgan fingerprint density at radius 1 is 1.17 bits per heavy atom. The lowest BCUT2D eigenvalue weighted by molar-refractivity contribution is 0.0938. The van der Waals surface area contributed by atoms with E-state index in [2.05, 4.69) is 28.6 Å². The third kappa shape index (κ3) is 5.19. The Balaban J connectivity index is 1.24. The van der Waals surface area contributed by atoms with Crippen molar-refractivity contribution in [1.29, 1.82) is 0 Å². The van der Waals surface area contributed by atoms with E-state index in [0.717, 1.165) is 58.7 Å². The number of thiophene rings is 1. The van der Waals surface area contributed by atoms with Gasteiger partial charge in [0, 0.05) is 57.2 Å². The lowest BCUT2D eigenvalue weighted by Gasteiger charge is -2.26. The first-order valence-electron chi connectivity index (χ1n) is 12.1. The van der Waals surface area contributed by atoms with E-state index in [-0.39, 0.29) is 30.0 Å². The van der Waals surface area contributed by atoms with Gasteiger partial charge < -0.3 is 22.1 Å². The minimum absolute atomic E-state index is 0.0266. The van der Waals surface area contributed by atoms with Gasteiger partial charge >= 0.3 is 0 Å². The predicted octanol–water partition coefficient (Wildman–Crippen LogP) is 2.77. The molecule has 1 aliphatic heterocycles. The molecule has 8 nitrogen and oxygen atoms in total. The molecule has 4 heterocycles. The topological polar surface area (TPSA) is 136 Å². The Hall–Kier alpha value is -2.56. The maximum absolute atomic E-state index is 13.0. The van der Waals surface area contributed by atoms with Gasteiger partial charge in [0.1, 0.15) is 15.5 Å². The van der Waals surface area contributed by atoms with Crippen molar-refractivity contribution in [3.63, 3.8) is 0 Å². The van der Waals surface area contributed by atoms with Gasteiger partial charge in [-0.05, 0) is 62.3 Å². The molecule has 186 valence electrons. The monoisotopic (exact) mass is 512 g/mol. The predicted molar refractivity (Wildman–Crippen MR) is 143 cm³/mol. The van der Waals surface area contributed by atoms with Gasteiger partial charge in [0.15, 0.2) is 0 Å². The van der Waals surface area contributed by atoms with Crippen LogP contribution in [0, 0.1) is 12.8 Å². The van der Waals surface area contributed by atoms with E-state index in [1.165, 1.54) is 11.3 Å². The average Bonchev–Trinajstić information content (AvgIpc) is 3.08. The first-order chi connectivity index (χ1) is 16.8. The summed E-state index contributed by atoms with van der Waals surface area (Å²) >= 11 is 1.34. The Kier molecular flexibility index (Phi) is 6.78. The molecule has 0 spiro atoms. The molecule has 3 aromatic heterocycles. The van der Waals surface area contributed by atoms with Gasteiger partial charge in [0.05, 0.1) is 5.69 Å². The molecule has 35 heavy (non-hydrogen) atoms. The molecule has 0 saturated carbocycles. The van der Waals surface area contributed by atoms with Crippen LogP contribution >= 0.6 is 11.3 Å². The van der Waals surface area contributed by atoms with E-state index in [9.17, 15) is 9.00 Å². The molecule has 6 N–H and O–H groups in total. The number of rotatable bonds is 4. The van der Waals surface area contributed by atoms with Crippen LogP contribution in [0.1, 0.15) is 46.4 Å². The maximum Gasteiger partial charge on any atom is 0.263 e. The molecule has 1 aliphatic carbocycles. The number of pyridine rings is 2. The van der Waals surface area contributed by atoms with E-state index in [0.29, 0.717) is 22.1 Å². The highest BCUT2D eigenvalue weighted by atomic mass is 32.2. The van der Waals surface area contributed by atoms with Crippen molar-refractivity contribution in [2.45, 2.75) is 57.7 Å². The van der Waals surface area contributed by atoms with Crippen molar-refractivity contribution in [2.75, 3.05) is 22.6 Å². The second kappa shape index (κ2) is 9.83. The molecule has 0 radical (unpaired) electrons. The van der Waals surface area contributed by atoms with Crippen LogP contribution in [0.2, 0.25) is 0 Å². The van der Waals surface area contributed by atoms with E-state index in [1.807, 2.05) is 25.1 Å². The zero-order valence-electron chi connectivity index (χ0n) is 20.0. The summed E-state index contributed by atoms with van der Waals surface area (Å²) in [5.74, 6) is 2.17. The van der Waals surface area contributed by atoms with Crippen molar-refractivity contribution in [3.05, 3.63) is 46.1 Å². The summed E-state index contributed by atoms with van der Waals surface area (Å²) < 4.78 is 12.3. The van der Waals surface area contributed by atoms with Crippen molar-refractivity contribution in [3.8, 4) is 0 Å². The number of nitrogens with one attached hydrogen (secondary N) is 2. The molecule has 1 amide bonds. The Labute approximate surface area is 211 Å². The van der Waals surface area contributed by atoms with Crippen LogP contribution in [-0.2, 0) is 23.6 Å². The van der Waals surface area contributed by atoms with Crippen molar-refractivity contribution in [1.82, 2.24) is 15.3 Å². The Morgan fingerprint density at radius 3 is 2.83 bits per heavy atom. The molecule has 2 aliphatic rings. The van der Waals surface area contributed by atoms with Crippen LogP contribution < -0.4 is 22.1 Å². The number of hydrogen-bond donors (Lipinski definition) is 4. The molecular weight excluding hydrogens is 480 g/mol. The number of amides is 1. The highest BCUT2D eigenvalue weighted by Crippen LogP contribution is 2.33. The summed E-state index contributed by atoms with van der Waals surface area (Å²) in [4.78, 5) is 23.7. The molecule has 5 rings (SSSR count). The van der Waals surface area contributed by atoms with Crippen LogP contribution in [0.15, 0.2) is 24.3 Å². The molecule has 1 saturated heterocycles. The van der Waals surface area contributed by atoms with Gasteiger partial charge in [-0.25, -0.2) is 9.97 Å². The summed E-state index contributed by atoms with van der Waals surface area (Å²) in [5, 5.41) is 7.46. The number of anilines is 2. The second-order valence-corrected chi connectivity index (χ2v) is 12.4. The molecule has 3 aromatic rings. The third-order valence-corrected chi connectivity index (χ3v) is 9.80. The molecule has 0 bridgehead atoms. The van der Waals surface area contributed by atoms with Crippen LogP contribution in [0.25, 0.3) is 10.2 Å². The van der Waals surface area contributed by atoms with Crippen molar-refractivity contribution < 1.29 is 9.00 Å². The first-order valence-corrected chi connectivity index (χ1v) is 14.4. The fourth-order valence-corrected chi connectivity index (χ4v) is 7.65.